The van der Waals surface area contributed by atoms with Crippen LogP contribution >= 0.6 is 0 Å². The Bertz CT molecular complexity index is 1380. The molecule has 198 valence electrons. The summed E-state index contributed by atoms with van der Waals surface area (Å²) >= 11 is 0. The molecule has 2 aromatic heterocycles. The Balaban J connectivity index is 1.42. The van der Waals surface area contributed by atoms with E-state index in [1.165, 1.54) is 41.6 Å². The lowest BCUT2D eigenvalue weighted by Gasteiger charge is -2.26. The zero-order valence-electron chi connectivity index (χ0n) is 22.6. The molecule has 0 aliphatic heterocycles. The van der Waals surface area contributed by atoms with E-state index in [0.29, 0.717) is 23.2 Å². The highest BCUT2D eigenvalue weighted by atomic mass is 16.2. The second-order valence-corrected chi connectivity index (χ2v) is 11.2. The Morgan fingerprint density at radius 1 is 1.03 bits per heavy atom. The average Bonchev–Trinajstić information content (AvgIpc) is 3.57. The molecule has 2 aliphatic rings. The molecule has 5 rings (SSSR count). The number of rotatable bonds is 6. The van der Waals surface area contributed by atoms with Gasteiger partial charge in [0.15, 0.2) is 0 Å². The van der Waals surface area contributed by atoms with Crippen molar-refractivity contribution in [3.05, 3.63) is 59.0 Å². The largest absolute Gasteiger partial charge is 0.350 e. The Labute approximate surface area is 225 Å². The highest BCUT2D eigenvalue weighted by Gasteiger charge is 2.31. The van der Waals surface area contributed by atoms with Crippen molar-refractivity contribution in [1.29, 1.82) is 5.26 Å². The fourth-order valence-corrected chi connectivity index (χ4v) is 6.66. The van der Waals surface area contributed by atoms with Crippen LogP contribution in [0.5, 0.6) is 0 Å². The quantitative estimate of drug-likeness (QED) is 0.384. The summed E-state index contributed by atoms with van der Waals surface area (Å²) in [5.74, 6) is 1.15. The first-order valence-corrected chi connectivity index (χ1v) is 14.3. The molecule has 3 aromatic rings. The van der Waals surface area contributed by atoms with Gasteiger partial charge in [-0.05, 0) is 86.3 Å². The lowest BCUT2D eigenvalue weighted by atomic mass is 9.78. The lowest BCUT2D eigenvalue weighted by Crippen LogP contribution is -2.23. The third-order valence-corrected chi connectivity index (χ3v) is 8.81. The summed E-state index contributed by atoms with van der Waals surface area (Å²) in [6.45, 7) is 2.09. The first kappa shape index (κ1) is 26.2. The Kier molecular flexibility index (Phi) is 7.93. The zero-order valence-corrected chi connectivity index (χ0v) is 22.6. The number of anilines is 1. The number of aryl methyl sites for hydroxylation is 2. The number of ketones is 1. The number of hydrogen-bond donors (Lipinski definition) is 1. The highest BCUT2D eigenvalue weighted by Crippen LogP contribution is 2.40. The van der Waals surface area contributed by atoms with E-state index >= 15 is 0 Å². The molecule has 0 spiro atoms. The lowest BCUT2D eigenvalue weighted by molar-refractivity contribution is -0.127. The van der Waals surface area contributed by atoms with E-state index in [1.54, 1.807) is 6.07 Å². The molecular weight excluding hydrogens is 472 g/mol. The molecule has 2 aliphatic carbocycles. The van der Waals surface area contributed by atoms with E-state index in [0.717, 1.165) is 69.0 Å². The average molecular weight is 511 g/mol. The van der Waals surface area contributed by atoms with Crippen molar-refractivity contribution in [1.82, 2.24) is 9.55 Å². The number of benzene rings is 1. The Morgan fingerprint density at radius 3 is 2.45 bits per heavy atom. The van der Waals surface area contributed by atoms with E-state index in [-0.39, 0.29) is 17.5 Å². The molecule has 6 nitrogen and oxygen atoms in total. The molecule has 2 saturated carbocycles. The first-order valence-electron chi connectivity index (χ1n) is 14.3. The van der Waals surface area contributed by atoms with Crippen LogP contribution in [-0.2, 0) is 18.3 Å². The molecule has 38 heavy (non-hydrogen) atoms. The van der Waals surface area contributed by atoms with Crippen molar-refractivity contribution in [2.75, 3.05) is 5.32 Å². The SMILES string of the molecule is CCc1cc2c(cc1NC(=O)c1cc(C#N)ccn1)c(C1CCCCC(C(=O)C3CCCC3)CC1)cn2C. The van der Waals surface area contributed by atoms with Crippen LogP contribution in [-0.4, -0.2) is 21.2 Å². The predicted octanol–water partition coefficient (Wildman–Crippen LogP) is 7.07. The highest BCUT2D eigenvalue weighted by molar-refractivity contribution is 6.05. The fourth-order valence-electron chi connectivity index (χ4n) is 6.66. The minimum atomic E-state index is -0.312. The number of aromatic nitrogens is 2. The molecule has 0 bridgehead atoms. The van der Waals surface area contributed by atoms with Gasteiger partial charge in [0.1, 0.15) is 11.5 Å². The third kappa shape index (κ3) is 5.38. The zero-order chi connectivity index (χ0) is 26.6. The summed E-state index contributed by atoms with van der Waals surface area (Å²) in [5, 5.41) is 13.4. The van der Waals surface area contributed by atoms with Gasteiger partial charge in [-0.25, -0.2) is 0 Å². The van der Waals surface area contributed by atoms with Gasteiger partial charge in [0.25, 0.3) is 5.91 Å². The number of pyridine rings is 1. The van der Waals surface area contributed by atoms with Crippen molar-refractivity contribution in [2.45, 2.75) is 83.5 Å². The maximum atomic E-state index is 13.2. The monoisotopic (exact) mass is 510 g/mol. The minimum absolute atomic E-state index is 0.217. The molecule has 6 heteroatoms. The number of fused-ring (bicyclic) bond motifs is 1. The van der Waals surface area contributed by atoms with E-state index in [9.17, 15) is 14.9 Å². The molecule has 1 aromatic carbocycles. The fraction of sp³-hybridized carbons (Fsp3) is 0.500. The number of carbonyl (C=O) groups excluding carboxylic acids is 2. The molecule has 1 amide bonds. The summed E-state index contributed by atoms with van der Waals surface area (Å²) in [7, 11) is 2.09. The van der Waals surface area contributed by atoms with Crippen molar-refractivity contribution >= 4 is 28.3 Å². The van der Waals surface area contributed by atoms with Crippen LogP contribution < -0.4 is 5.32 Å². The maximum Gasteiger partial charge on any atom is 0.274 e. The van der Waals surface area contributed by atoms with Crippen molar-refractivity contribution < 1.29 is 9.59 Å². The van der Waals surface area contributed by atoms with Crippen LogP contribution in [0.4, 0.5) is 5.69 Å². The number of nitrogens with zero attached hydrogens (tertiary/aromatic N) is 3. The Hall–Kier alpha value is -3.46. The summed E-state index contributed by atoms with van der Waals surface area (Å²) in [6, 6.07) is 9.49. The van der Waals surface area contributed by atoms with Gasteiger partial charge in [0.05, 0.1) is 11.6 Å². The topological polar surface area (TPSA) is 87.8 Å². The summed E-state index contributed by atoms with van der Waals surface area (Å²) < 4.78 is 2.20. The van der Waals surface area contributed by atoms with Gasteiger partial charge >= 0.3 is 0 Å². The molecule has 0 saturated heterocycles. The van der Waals surface area contributed by atoms with Crippen LogP contribution in [0.15, 0.2) is 36.7 Å². The third-order valence-electron chi connectivity index (χ3n) is 8.81. The summed E-state index contributed by atoms with van der Waals surface area (Å²) in [6.07, 6.45) is 15.6. The van der Waals surface area contributed by atoms with Crippen LogP contribution in [0.3, 0.4) is 0 Å². The van der Waals surface area contributed by atoms with E-state index in [2.05, 4.69) is 53.2 Å². The molecule has 0 radical (unpaired) electrons. The minimum Gasteiger partial charge on any atom is -0.350 e. The molecule has 1 N–H and O–H groups in total. The molecule has 2 heterocycles. The van der Waals surface area contributed by atoms with E-state index in [4.69, 9.17) is 0 Å². The van der Waals surface area contributed by atoms with Crippen molar-refractivity contribution in [3.8, 4) is 6.07 Å². The van der Waals surface area contributed by atoms with E-state index < -0.39 is 0 Å². The number of Topliss-reactive ketones (excluding diaryl/α,β-unsaturated/α-hetero) is 1. The second-order valence-electron chi connectivity index (χ2n) is 11.2. The normalized spacial score (nSPS) is 20.6. The van der Waals surface area contributed by atoms with E-state index in [1.807, 2.05) is 0 Å². The second kappa shape index (κ2) is 11.5. The smallest absolute Gasteiger partial charge is 0.274 e. The van der Waals surface area contributed by atoms with Crippen LogP contribution in [0.25, 0.3) is 10.9 Å². The first-order chi connectivity index (χ1) is 18.5. The van der Waals surface area contributed by atoms with Gasteiger partial charge in [-0.2, -0.15) is 5.26 Å². The van der Waals surface area contributed by atoms with Gasteiger partial charge in [0.2, 0.25) is 0 Å². The van der Waals surface area contributed by atoms with Gasteiger partial charge in [-0.3, -0.25) is 14.6 Å². The van der Waals surface area contributed by atoms with Gasteiger partial charge < -0.3 is 9.88 Å². The molecule has 2 unspecified atom stereocenters. The van der Waals surface area contributed by atoms with Gasteiger partial charge in [-0.1, -0.05) is 32.6 Å². The maximum absolute atomic E-state index is 13.2. The van der Waals surface area contributed by atoms with Crippen LogP contribution in [0.2, 0.25) is 0 Å². The number of nitriles is 1. The van der Waals surface area contributed by atoms with Gasteiger partial charge in [-0.15, -0.1) is 0 Å². The van der Waals surface area contributed by atoms with Crippen LogP contribution in [0, 0.1) is 23.2 Å². The predicted molar refractivity (Wildman–Crippen MR) is 150 cm³/mol. The van der Waals surface area contributed by atoms with Gasteiger partial charge in [0, 0.05) is 47.9 Å². The standard InChI is InChI=1S/C32H38N4O2/c1-3-22-17-30-26(18-28(22)35-32(38)29-16-21(19-33)14-15-34-29)27(20-36(30)2)23-8-4-5-11-25(13-12-23)31(37)24-9-6-7-10-24/h14-18,20,23-25H,3-13H2,1-2H3,(H,35,38). The number of carbonyl (C=O) groups is 2. The van der Waals surface area contributed by atoms with Crippen molar-refractivity contribution in [3.63, 3.8) is 0 Å². The van der Waals surface area contributed by atoms with Crippen LogP contribution in [0.1, 0.15) is 104 Å². The van der Waals surface area contributed by atoms with Crippen molar-refractivity contribution in [2.24, 2.45) is 18.9 Å². The molecule has 2 fully saturated rings. The molecule has 2 atom stereocenters. The molecular formula is C32H38N4O2. The summed E-state index contributed by atoms with van der Waals surface area (Å²) in [4.78, 5) is 30.5. The Morgan fingerprint density at radius 2 is 1.74 bits per heavy atom. The number of nitrogens with one attached hydrogen (secondary N) is 1. The number of amides is 1. The number of hydrogen-bond acceptors (Lipinski definition) is 4. The summed E-state index contributed by atoms with van der Waals surface area (Å²) in [5.41, 5.74) is 4.99.